The first kappa shape index (κ1) is 25.5. The van der Waals surface area contributed by atoms with Crippen LogP contribution in [0.5, 0.6) is 11.5 Å². The number of hydrogen-bond donors (Lipinski definition) is 3. The molecule has 0 radical (unpaired) electrons. The van der Waals surface area contributed by atoms with Gasteiger partial charge in [0.05, 0.1) is 13.2 Å². The number of nitrogens with one attached hydrogen (secondary N) is 2. The van der Waals surface area contributed by atoms with Gasteiger partial charge < -0.3 is 25.4 Å². The average Bonchev–Trinajstić information content (AvgIpc) is 2.72. The molecule has 0 bridgehead atoms. The van der Waals surface area contributed by atoms with Crippen LogP contribution >= 0.6 is 24.0 Å². The molecule has 0 heterocycles. The van der Waals surface area contributed by atoms with E-state index < -0.39 is 0 Å². The summed E-state index contributed by atoms with van der Waals surface area (Å²) in [6.45, 7) is 6.98. The summed E-state index contributed by atoms with van der Waals surface area (Å²) in [6.07, 6.45) is 0. The smallest absolute Gasteiger partial charge is 0.251 e. The lowest BCUT2D eigenvalue weighted by Gasteiger charge is -2.22. The van der Waals surface area contributed by atoms with Crippen LogP contribution in [-0.4, -0.2) is 55.2 Å². The van der Waals surface area contributed by atoms with Crippen LogP contribution in [0.25, 0.3) is 0 Å². The first-order valence-corrected chi connectivity index (χ1v) is 9.82. The van der Waals surface area contributed by atoms with Crippen molar-refractivity contribution in [3.8, 4) is 11.5 Å². The maximum absolute atomic E-state index is 12.1. The number of nitrogens with zero attached hydrogens (tertiary/aromatic N) is 2. The Balaban J connectivity index is 0.00000450. The number of guanidine groups is 1. The van der Waals surface area contributed by atoms with Gasteiger partial charge in [-0.2, -0.15) is 0 Å². The number of aromatic hydroxyl groups is 1. The van der Waals surface area contributed by atoms with Crippen molar-refractivity contribution < 1.29 is 14.6 Å². The number of benzene rings is 2. The van der Waals surface area contributed by atoms with Crippen molar-refractivity contribution >= 4 is 35.8 Å². The van der Waals surface area contributed by atoms with Gasteiger partial charge in [-0.05, 0) is 55.8 Å². The molecule has 0 spiro atoms. The highest BCUT2D eigenvalue weighted by molar-refractivity contribution is 14.0. The number of phenolic OH excluding ortho intramolecular Hbond substituents is 1. The number of carbonyl (C=O) groups excluding carboxylic acids is 1. The van der Waals surface area contributed by atoms with Crippen molar-refractivity contribution in [2.45, 2.75) is 20.4 Å². The normalized spacial score (nSPS) is 10.7. The SMILES string of the molecule is CCNC(=NCCNC(=O)c1ccc(O)cc1)N(C)Cc1ccc(OCC)cc1.I. The Morgan fingerprint density at radius 1 is 1.07 bits per heavy atom. The molecule has 30 heavy (non-hydrogen) atoms. The van der Waals surface area contributed by atoms with Crippen LogP contribution in [0.3, 0.4) is 0 Å². The molecule has 3 N–H and O–H groups in total. The molecule has 0 unspecified atom stereocenters. The fourth-order valence-corrected chi connectivity index (χ4v) is 2.72. The van der Waals surface area contributed by atoms with E-state index in [0.717, 1.165) is 23.8 Å². The van der Waals surface area contributed by atoms with Crippen LogP contribution in [0.4, 0.5) is 0 Å². The quantitative estimate of drug-likeness (QED) is 0.202. The van der Waals surface area contributed by atoms with Crippen LogP contribution in [-0.2, 0) is 6.54 Å². The molecule has 0 fully saturated rings. The van der Waals surface area contributed by atoms with E-state index >= 15 is 0 Å². The summed E-state index contributed by atoms with van der Waals surface area (Å²) >= 11 is 0. The predicted octanol–water partition coefficient (Wildman–Crippen LogP) is 3.24. The van der Waals surface area contributed by atoms with Gasteiger partial charge in [-0.25, -0.2) is 0 Å². The summed E-state index contributed by atoms with van der Waals surface area (Å²) in [4.78, 5) is 18.7. The van der Waals surface area contributed by atoms with Gasteiger partial charge in [0.15, 0.2) is 5.96 Å². The summed E-state index contributed by atoms with van der Waals surface area (Å²) in [5.41, 5.74) is 1.66. The number of ether oxygens (including phenoxy) is 1. The molecule has 164 valence electrons. The lowest BCUT2D eigenvalue weighted by molar-refractivity contribution is 0.0955. The minimum absolute atomic E-state index is 0. The van der Waals surface area contributed by atoms with Gasteiger partial charge in [-0.1, -0.05) is 12.1 Å². The Morgan fingerprint density at radius 2 is 1.73 bits per heavy atom. The maximum atomic E-state index is 12.1. The fourth-order valence-electron chi connectivity index (χ4n) is 2.72. The first-order chi connectivity index (χ1) is 14.0. The van der Waals surface area contributed by atoms with Gasteiger partial charge in [-0.3, -0.25) is 9.79 Å². The minimum atomic E-state index is -0.187. The largest absolute Gasteiger partial charge is 0.508 e. The van der Waals surface area contributed by atoms with Gasteiger partial charge in [-0.15, -0.1) is 24.0 Å². The first-order valence-electron chi connectivity index (χ1n) is 9.82. The van der Waals surface area contributed by atoms with Crippen molar-refractivity contribution in [1.29, 1.82) is 0 Å². The van der Waals surface area contributed by atoms with E-state index in [9.17, 15) is 9.90 Å². The van der Waals surface area contributed by atoms with Crippen LogP contribution in [0.2, 0.25) is 0 Å². The molecular formula is C22H31IN4O3. The summed E-state index contributed by atoms with van der Waals surface area (Å²) in [6, 6.07) is 14.2. The number of phenols is 1. The van der Waals surface area contributed by atoms with Gasteiger partial charge in [0, 0.05) is 32.2 Å². The maximum Gasteiger partial charge on any atom is 0.251 e. The predicted molar refractivity (Wildman–Crippen MR) is 131 cm³/mol. The Morgan fingerprint density at radius 3 is 2.33 bits per heavy atom. The number of amides is 1. The van der Waals surface area contributed by atoms with E-state index in [1.807, 2.05) is 50.1 Å². The molecule has 0 aliphatic carbocycles. The van der Waals surface area contributed by atoms with E-state index in [4.69, 9.17) is 4.74 Å². The van der Waals surface area contributed by atoms with E-state index in [0.29, 0.717) is 31.8 Å². The van der Waals surface area contributed by atoms with Crippen LogP contribution < -0.4 is 15.4 Å². The van der Waals surface area contributed by atoms with Crippen LogP contribution in [0.15, 0.2) is 53.5 Å². The lowest BCUT2D eigenvalue weighted by Crippen LogP contribution is -2.39. The Labute approximate surface area is 195 Å². The number of halogens is 1. The third kappa shape index (κ3) is 8.48. The molecule has 7 nitrogen and oxygen atoms in total. The molecule has 0 saturated heterocycles. The molecule has 2 aromatic rings. The van der Waals surface area contributed by atoms with Crippen LogP contribution in [0, 0.1) is 0 Å². The molecule has 0 aliphatic heterocycles. The average molecular weight is 526 g/mol. The van der Waals surface area contributed by atoms with Crippen molar-refractivity contribution in [3.63, 3.8) is 0 Å². The Bertz CT molecular complexity index is 795. The lowest BCUT2D eigenvalue weighted by atomic mass is 10.2. The van der Waals surface area contributed by atoms with Crippen LogP contribution in [0.1, 0.15) is 29.8 Å². The van der Waals surface area contributed by atoms with Gasteiger partial charge in [0.25, 0.3) is 5.91 Å². The van der Waals surface area contributed by atoms with Crippen molar-refractivity contribution in [1.82, 2.24) is 15.5 Å². The number of aliphatic imine (C=N–C) groups is 1. The number of hydrogen-bond acceptors (Lipinski definition) is 4. The van der Waals surface area contributed by atoms with Gasteiger partial charge in [0.2, 0.25) is 0 Å². The molecule has 8 heteroatoms. The Hall–Kier alpha value is -2.49. The van der Waals surface area contributed by atoms with Gasteiger partial charge in [0.1, 0.15) is 11.5 Å². The van der Waals surface area contributed by atoms with E-state index in [1.54, 1.807) is 12.1 Å². The third-order valence-corrected chi connectivity index (χ3v) is 4.14. The van der Waals surface area contributed by atoms with Gasteiger partial charge >= 0.3 is 0 Å². The van der Waals surface area contributed by atoms with E-state index in [-0.39, 0.29) is 35.6 Å². The summed E-state index contributed by atoms with van der Waals surface area (Å²) in [5, 5.41) is 15.4. The molecule has 0 atom stereocenters. The number of rotatable bonds is 9. The molecule has 0 aromatic heterocycles. The minimum Gasteiger partial charge on any atom is -0.508 e. The zero-order valence-electron chi connectivity index (χ0n) is 17.7. The molecule has 2 aromatic carbocycles. The second kappa shape index (κ2) is 13.7. The highest BCUT2D eigenvalue weighted by Crippen LogP contribution is 2.13. The monoisotopic (exact) mass is 526 g/mol. The summed E-state index contributed by atoms with van der Waals surface area (Å²) < 4.78 is 5.48. The van der Waals surface area contributed by atoms with E-state index in [1.165, 1.54) is 12.1 Å². The molecule has 0 saturated carbocycles. The summed E-state index contributed by atoms with van der Waals surface area (Å²) in [5.74, 6) is 1.59. The highest BCUT2D eigenvalue weighted by Gasteiger charge is 2.08. The second-order valence-electron chi connectivity index (χ2n) is 6.47. The molecule has 0 aliphatic rings. The summed E-state index contributed by atoms with van der Waals surface area (Å²) in [7, 11) is 1.98. The molecule has 2 rings (SSSR count). The topological polar surface area (TPSA) is 86.2 Å². The van der Waals surface area contributed by atoms with Crippen molar-refractivity contribution in [2.75, 3.05) is 33.3 Å². The molecule has 1 amide bonds. The zero-order valence-corrected chi connectivity index (χ0v) is 20.1. The highest BCUT2D eigenvalue weighted by atomic mass is 127. The molecular weight excluding hydrogens is 495 g/mol. The van der Waals surface area contributed by atoms with E-state index in [2.05, 4.69) is 15.6 Å². The Kier molecular flexibility index (Phi) is 11.7. The van der Waals surface area contributed by atoms with Crippen molar-refractivity contribution in [3.05, 3.63) is 59.7 Å². The zero-order chi connectivity index (χ0) is 21.1. The number of carbonyl (C=O) groups is 1. The standard InChI is InChI=1S/C22H30N4O3.HI/c1-4-23-22(26(3)16-17-6-12-20(13-7-17)29-5-2)25-15-14-24-21(28)18-8-10-19(27)11-9-18;/h6-13,27H,4-5,14-16H2,1-3H3,(H,23,25)(H,24,28);1H. The second-order valence-corrected chi connectivity index (χ2v) is 6.47. The van der Waals surface area contributed by atoms with Crippen molar-refractivity contribution in [2.24, 2.45) is 4.99 Å². The fraction of sp³-hybridized carbons (Fsp3) is 0.364. The third-order valence-electron chi connectivity index (χ3n) is 4.14.